The molecule has 2 heterocycles. The van der Waals surface area contributed by atoms with E-state index in [0.717, 1.165) is 22.9 Å². The number of aromatic hydroxyl groups is 1. The normalized spacial score (nSPS) is 11.3. The van der Waals surface area contributed by atoms with Crippen LogP contribution < -0.4 is 0 Å². The zero-order chi connectivity index (χ0) is 22.0. The van der Waals surface area contributed by atoms with Crippen LogP contribution in [0.1, 0.15) is 30.5 Å². The molecule has 2 aromatic heterocycles. The molecule has 0 fully saturated rings. The van der Waals surface area contributed by atoms with Gasteiger partial charge in [-0.2, -0.15) is 0 Å². The summed E-state index contributed by atoms with van der Waals surface area (Å²) in [6.45, 7) is 6.83. The first kappa shape index (κ1) is 21.2. The molecule has 0 aliphatic heterocycles. The predicted molar refractivity (Wildman–Crippen MR) is 123 cm³/mol. The molecule has 0 spiro atoms. The molecule has 160 valence electrons. The summed E-state index contributed by atoms with van der Waals surface area (Å²) in [4.78, 5) is 12.7. The molecule has 2 aromatic carbocycles. The number of aryl methyl sites for hydroxylation is 2. The van der Waals surface area contributed by atoms with E-state index in [1.165, 1.54) is 17.3 Å². The molecular formula is C24H25N3O3S. The molecule has 7 heteroatoms. The fraction of sp³-hybridized carbons (Fsp3) is 0.292. The highest BCUT2D eigenvalue weighted by atomic mass is 32.2. The Kier molecular flexibility index (Phi) is 6.13. The van der Waals surface area contributed by atoms with Crippen LogP contribution in [0.2, 0.25) is 0 Å². The summed E-state index contributed by atoms with van der Waals surface area (Å²) in [6.07, 6.45) is 1.35. The summed E-state index contributed by atoms with van der Waals surface area (Å²) in [5, 5.41) is 19.8. The highest BCUT2D eigenvalue weighted by Gasteiger charge is 2.18. The van der Waals surface area contributed by atoms with Crippen molar-refractivity contribution in [3.05, 3.63) is 59.2 Å². The van der Waals surface area contributed by atoms with E-state index in [2.05, 4.69) is 36.2 Å². The second-order valence-electron chi connectivity index (χ2n) is 7.45. The minimum absolute atomic E-state index is 0.167. The number of aromatic nitrogens is 3. The molecule has 0 radical (unpaired) electrons. The number of fused-ring (bicyclic) bond motifs is 1. The number of hydrogen-bond acceptors (Lipinski definition) is 6. The quantitative estimate of drug-likeness (QED) is 0.384. The average Bonchev–Trinajstić information content (AvgIpc) is 3.36. The summed E-state index contributed by atoms with van der Waals surface area (Å²) < 4.78 is 7.84. The van der Waals surface area contributed by atoms with Gasteiger partial charge in [0.05, 0.1) is 5.75 Å². The van der Waals surface area contributed by atoms with Crippen molar-refractivity contribution in [2.75, 3.05) is 5.75 Å². The number of Topliss-reactive ketones (excluding diaryl/α,β-unsaturated/α-hetero) is 1. The van der Waals surface area contributed by atoms with Crippen LogP contribution in [-0.2, 0) is 24.2 Å². The zero-order valence-corrected chi connectivity index (χ0v) is 18.7. The molecule has 0 saturated heterocycles. The maximum atomic E-state index is 12.7. The van der Waals surface area contributed by atoms with Gasteiger partial charge in [-0.05, 0) is 61.2 Å². The van der Waals surface area contributed by atoms with Crippen LogP contribution in [0.5, 0.6) is 5.75 Å². The molecule has 0 unspecified atom stereocenters. The SMILES string of the molecule is CCc1cccc(C)c1CC(=O)CSc1nnc(-c2cc3cc(O)ccc3o2)n1CC. The van der Waals surface area contributed by atoms with Gasteiger partial charge >= 0.3 is 0 Å². The lowest BCUT2D eigenvalue weighted by atomic mass is 9.96. The molecular weight excluding hydrogens is 410 g/mol. The van der Waals surface area contributed by atoms with Gasteiger partial charge in [0, 0.05) is 18.4 Å². The van der Waals surface area contributed by atoms with Crippen LogP contribution in [0.15, 0.2) is 52.0 Å². The maximum absolute atomic E-state index is 12.7. The number of nitrogens with zero attached hydrogens (tertiary/aromatic N) is 3. The van der Waals surface area contributed by atoms with E-state index in [9.17, 15) is 9.90 Å². The van der Waals surface area contributed by atoms with Crippen molar-refractivity contribution in [2.24, 2.45) is 0 Å². The summed E-state index contributed by atoms with van der Waals surface area (Å²) >= 11 is 1.40. The molecule has 0 aliphatic rings. The number of thioether (sulfide) groups is 1. The third-order valence-electron chi connectivity index (χ3n) is 5.38. The number of rotatable bonds is 8. The third-order valence-corrected chi connectivity index (χ3v) is 6.40. The minimum atomic E-state index is 0.167. The van der Waals surface area contributed by atoms with Crippen LogP contribution >= 0.6 is 11.8 Å². The van der Waals surface area contributed by atoms with E-state index in [0.29, 0.717) is 41.0 Å². The van der Waals surface area contributed by atoms with Gasteiger partial charge in [-0.3, -0.25) is 9.36 Å². The highest BCUT2D eigenvalue weighted by molar-refractivity contribution is 7.99. The fourth-order valence-corrected chi connectivity index (χ4v) is 4.61. The van der Waals surface area contributed by atoms with Crippen molar-refractivity contribution in [3.8, 4) is 17.3 Å². The van der Waals surface area contributed by atoms with Crippen LogP contribution in [-0.4, -0.2) is 31.4 Å². The summed E-state index contributed by atoms with van der Waals surface area (Å²) in [5.74, 6) is 1.89. The molecule has 0 saturated carbocycles. The van der Waals surface area contributed by atoms with Crippen molar-refractivity contribution in [3.63, 3.8) is 0 Å². The van der Waals surface area contributed by atoms with Crippen molar-refractivity contribution in [1.29, 1.82) is 0 Å². The lowest BCUT2D eigenvalue weighted by Gasteiger charge is -2.11. The van der Waals surface area contributed by atoms with Gasteiger partial charge in [0.1, 0.15) is 17.1 Å². The Labute approximate surface area is 185 Å². The molecule has 0 atom stereocenters. The number of phenols is 1. The van der Waals surface area contributed by atoms with Gasteiger partial charge in [-0.1, -0.05) is 36.9 Å². The van der Waals surface area contributed by atoms with Gasteiger partial charge in [0.2, 0.25) is 5.82 Å². The third kappa shape index (κ3) is 4.37. The molecule has 6 nitrogen and oxygen atoms in total. The van der Waals surface area contributed by atoms with Crippen LogP contribution in [0.25, 0.3) is 22.6 Å². The monoisotopic (exact) mass is 435 g/mol. The Bertz CT molecular complexity index is 1240. The largest absolute Gasteiger partial charge is 0.508 e. The summed E-state index contributed by atoms with van der Waals surface area (Å²) in [7, 11) is 0. The van der Waals surface area contributed by atoms with Crippen LogP contribution in [0, 0.1) is 6.92 Å². The molecule has 0 bridgehead atoms. The van der Waals surface area contributed by atoms with Gasteiger partial charge in [0.25, 0.3) is 0 Å². The Balaban J connectivity index is 1.51. The van der Waals surface area contributed by atoms with E-state index in [4.69, 9.17) is 4.42 Å². The Morgan fingerprint density at radius 1 is 1.16 bits per heavy atom. The van der Waals surface area contributed by atoms with Crippen molar-refractivity contribution < 1.29 is 14.3 Å². The maximum Gasteiger partial charge on any atom is 0.200 e. The van der Waals surface area contributed by atoms with Gasteiger partial charge in [-0.25, -0.2) is 0 Å². The van der Waals surface area contributed by atoms with E-state index in [1.807, 2.05) is 23.6 Å². The molecule has 0 aliphatic carbocycles. The second kappa shape index (κ2) is 8.98. The number of phenolic OH excluding ortho intramolecular Hbond substituents is 1. The summed E-state index contributed by atoms with van der Waals surface area (Å²) in [5.41, 5.74) is 4.20. The Morgan fingerprint density at radius 2 is 2.00 bits per heavy atom. The fourth-order valence-electron chi connectivity index (χ4n) is 3.74. The van der Waals surface area contributed by atoms with Crippen molar-refractivity contribution in [2.45, 2.75) is 45.3 Å². The predicted octanol–water partition coefficient (Wildman–Crippen LogP) is 5.19. The number of benzene rings is 2. The lowest BCUT2D eigenvalue weighted by molar-refractivity contribution is -0.116. The number of carbonyl (C=O) groups excluding carboxylic acids is 1. The first-order valence-electron chi connectivity index (χ1n) is 10.4. The molecule has 31 heavy (non-hydrogen) atoms. The molecule has 0 amide bonds. The number of furan rings is 1. The standard InChI is InChI=1S/C24H25N3O3S/c1-4-16-8-6-7-15(3)20(16)13-19(29)14-31-24-26-25-23(27(24)5-2)22-12-17-11-18(28)9-10-21(17)30-22/h6-12,28H,4-5,13-14H2,1-3H3. The number of hydrogen-bond donors (Lipinski definition) is 1. The highest BCUT2D eigenvalue weighted by Crippen LogP contribution is 2.31. The smallest absolute Gasteiger partial charge is 0.200 e. The summed E-state index contributed by atoms with van der Waals surface area (Å²) in [6, 6.07) is 13.0. The molecule has 1 N–H and O–H groups in total. The number of ketones is 1. The van der Waals surface area contributed by atoms with E-state index >= 15 is 0 Å². The van der Waals surface area contributed by atoms with Crippen LogP contribution in [0.3, 0.4) is 0 Å². The topological polar surface area (TPSA) is 81.2 Å². The second-order valence-corrected chi connectivity index (χ2v) is 8.40. The van der Waals surface area contributed by atoms with Crippen molar-refractivity contribution in [1.82, 2.24) is 14.8 Å². The lowest BCUT2D eigenvalue weighted by Crippen LogP contribution is -2.10. The Morgan fingerprint density at radius 3 is 2.77 bits per heavy atom. The van der Waals surface area contributed by atoms with Gasteiger partial charge in [0.15, 0.2) is 10.9 Å². The van der Waals surface area contributed by atoms with Crippen LogP contribution in [0.4, 0.5) is 0 Å². The van der Waals surface area contributed by atoms with Crippen molar-refractivity contribution >= 4 is 28.5 Å². The Hall–Kier alpha value is -3.06. The van der Waals surface area contributed by atoms with E-state index < -0.39 is 0 Å². The van der Waals surface area contributed by atoms with Gasteiger partial charge in [-0.15, -0.1) is 10.2 Å². The first-order valence-corrected chi connectivity index (χ1v) is 11.4. The molecule has 4 aromatic rings. The van der Waals surface area contributed by atoms with E-state index in [-0.39, 0.29) is 11.5 Å². The zero-order valence-electron chi connectivity index (χ0n) is 17.9. The minimum Gasteiger partial charge on any atom is -0.508 e. The van der Waals surface area contributed by atoms with Gasteiger partial charge < -0.3 is 9.52 Å². The first-order chi connectivity index (χ1) is 15.0. The number of carbonyl (C=O) groups is 1. The van der Waals surface area contributed by atoms with E-state index in [1.54, 1.807) is 18.2 Å². The molecule has 4 rings (SSSR count). The average molecular weight is 436 g/mol.